The van der Waals surface area contributed by atoms with Crippen LogP contribution in [-0.4, -0.2) is 87.5 Å². The fourth-order valence-electron chi connectivity index (χ4n) is 10.1. The summed E-state index contributed by atoms with van der Waals surface area (Å²) in [6.45, 7) is 3.66. The van der Waals surface area contributed by atoms with Gasteiger partial charge in [0.1, 0.15) is 24.4 Å². The first-order valence-corrected chi connectivity index (χ1v) is 32.8. The number of rotatable bonds is 56. The maximum atomic E-state index is 13.1. The smallest absolute Gasteiger partial charge is 0.220 e. The lowest BCUT2D eigenvalue weighted by Gasteiger charge is -2.40. The van der Waals surface area contributed by atoms with E-state index in [1.54, 1.807) is 6.08 Å². The van der Waals surface area contributed by atoms with Gasteiger partial charge in [-0.25, -0.2) is 0 Å². The number of ether oxygens (including phenoxy) is 2. The molecule has 9 nitrogen and oxygen atoms in total. The maximum Gasteiger partial charge on any atom is 0.220 e. The third kappa shape index (κ3) is 46.0. The molecule has 0 spiro atoms. The molecular formula is C69H123NO8. The van der Waals surface area contributed by atoms with E-state index in [1.165, 1.54) is 199 Å². The van der Waals surface area contributed by atoms with Gasteiger partial charge in [0.05, 0.1) is 25.4 Å². The zero-order chi connectivity index (χ0) is 56.5. The predicted octanol–water partition coefficient (Wildman–Crippen LogP) is 17.4. The number of hydrogen-bond donors (Lipinski definition) is 6. The molecule has 1 rings (SSSR count). The average Bonchev–Trinajstić information content (AvgIpc) is 3.45. The summed E-state index contributed by atoms with van der Waals surface area (Å²) in [6.07, 6.45) is 75.4. The van der Waals surface area contributed by atoms with E-state index in [-0.39, 0.29) is 12.5 Å². The van der Waals surface area contributed by atoms with E-state index < -0.39 is 49.5 Å². The number of nitrogens with one attached hydrogen (secondary N) is 1. The Bertz CT molecular complexity index is 1500. The highest BCUT2D eigenvalue weighted by Gasteiger charge is 2.44. The van der Waals surface area contributed by atoms with E-state index in [0.717, 1.165) is 70.6 Å². The van der Waals surface area contributed by atoms with Crippen molar-refractivity contribution in [1.29, 1.82) is 0 Å². The number of allylic oxidation sites excluding steroid dienone is 13. The van der Waals surface area contributed by atoms with E-state index >= 15 is 0 Å². The largest absolute Gasteiger partial charge is 0.394 e. The van der Waals surface area contributed by atoms with Crippen molar-refractivity contribution in [3.63, 3.8) is 0 Å². The highest BCUT2D eigenvalue weighted by molar-refractivity contribution is 5.76. The van der Waals surface area contributed by atoms with Gasteiger partial charge >= 0.3 is 0 Å². The quantitative estimate of drug-likeness (QED) is 0.0261. The van der Waals surface area contributed by atoms with Crippen molar-refractivity contribution in [2.45, 2.75) is 333 Å². The first-order chi connectivity index (χ1) is 38.3. The summed E-state index contributed by atoms with van der Waals surface area (Å²) in [4.78, 5) is 13.1. The molecule has 78 heavy (non-hydrogen) atoms. The van der Waals surface area contributed by atoms with E-state index in [9.17, 15) is 30.3 Å². The Balaban J connectivity index is 2.10. The third-order valence-corrected chi connectivity index (χ3v) is 15.2. The Labute approximate surface area is 480 Å². The lowest BCUT2D eigenvalue weighted by molar-refractivity contribution is -0.302. The molecule has 7 atom stereocenters. The molecule has 1 amide bonds. The zero-order valence-corrected chi connectivity index (χ0v) is 50.4. The molecule has 452 valence electrons. The lowest BCUT2D eigenvalue weighted by Crippen LogP contribution is -2.60. The molecule has 0 aromatic heterocycles. The van der Waals surface area contributed by atoms with Gasteiger partial charge in [0.15, 0.2) is 6.29 Å². The van der Waals surface area contributed by atoms with Crippen molar-refractivity contribution in [3.05, 3.63) is 85.1 Å². The second-order valence-electron chi connectivity index (χ2n) is 22.5. The van der Waals surface area contributed by atoms with Crippen molar-refractivity contribution in [3.8, 4) is 0 Å². The van der Waals surface area contributed by atoms with E-state index in [2.05, 4.69) is 92.1 Å². The number of carbonyl (C=O) groups is 1. The van der Waals surface area contributed by atoms with Gasteiger partial charge in [0.2, 0.25) is 5.91 Å². The summed E-state index contributed by atoms with van der Waals surface area (Å²) < 4.78 is 11.3. The number of hydrogen-bond acceptors (Lipinski definition) is 8. The van der Waals surface area contributed by atoms with Crippen LogP contribution in [0.1, 0.15) is 290 Å². The average molecular weight is 1090 g/mol. The van der Waals surface area contributed by atoms with E-state index in [0.29, 0.717) is 6.42 Å². The molecule has 6 N–H and O–H groups in total. The van der Waals surface area contributed by atoms with E-state index in [4.69, 9.17) is 9.47 Å². The Morgan fingerprint density at radius 2 is 0.808 bits per heavy atom. The second kappa shape index (κ2) is 57.6. The standard InChI is InChI=1S/C69H123NO8/c1-3-5-7-9-11-13-15-17-19-21-23-24-25-26-27-28-29-30-31-32-33-34-35-36-37-38-39-40-41-43-45-47-49-51-53-55-57-59-65(73)70-62(61-77-69-68(76)67(75)66(74)64(60-71)78-69)63(72)58-56-54-52-50-48-46-44-42-22-20-18-16-14-12-10-8-6-4-2/h5,7,11,13,17,19,22-24,42,48,50,56,58,62-64,66-69,71-72,74-76H,3-4,6,8-10,12,14-16,18,20-21,25-41,43-47,49,51-55,57,59-61H2,1-2H3,(H,70,73)/b7-5-,13-11-,19-17-,24-23-,42-22+,50-48+,58-56+. The van der Waals surface area contributed by atoms with Crippen molar-refractivity contribution >= 4 is 5.91 Å². The van der Waals surface area contributed by atoms with Crippen LogP contribution in [0.5, 0.6) is 0 Å². The van der Waals surface area contributed by atoms with Crippen molar-refractivity contribution < 1.29 is 39.8 Å². The van der Waals surface area contributed by atoms with Gasteiger partial charge in [-0.15, -0.1) is 0 Å². The molecule has 0 bridgehead atoms. The molecule has 7 unspecified atom stereocenters. The molecule has 1 saturated heterocycles. The zero-order valence-electron chi connectivity index (χ0n) is 50.4. The number of aliphatic hydroxyl groups excluding tert-OH is 5. The summed E-state index contributed by atoms with van der Waals surface area (Å²) in [7, 11) is 0. The van der Waals surface area contributed by atoms with Gasteiger partial charge in [-0.2, -0.15) is 0 Å². The molecule has 9 heteroatoms. The summed E-state index contributed by atoms with van der Waals surface area (Å²) >= 11 is 0. The van der Waals surface area contributed by atoms with Crippen LogP contribution in [0.4, 0.5) is 0 Å². The minimum absolute atomic E-state index is 0.188. The molecule has 0 saturated carbocycles. The molecule has 0 aromatic rings. The molecular weight excluding hydrogens is 971 g/mol. The first-order valence-electron chi connectivity index (χ1n) is 32.8. The molecule has 1 aliphatic heterocycles. The van der Waals surface area contributed by atoms with Crippen LogP contribution in [0.25, 0.3) is 0 Å². The Kier molecular flexibility index (Phi) is 54.2. The fraction of sp³-hybridized carbons (Fsp3) is 0.783. The number of unbranched alkanes of at least 4 members (excludes halogenated alkanes) is 34. The molecule has 0 radical (unpaired) electrons. The van der Waals surface area contributed by atoms with Crippen LogP contribution in [0, 0.1) is 0 Å². The number of amides is 1. The lowest BCUT2D eigenvalue weighted by atomic mass is 9.99. The summed E-state index contributed by atoms with van der Waals surface area (Å²) in [6, 6.07) is -0.830. The van der Waals surface area contributed by atoms with Crippen LogP contribution in [-0.2, 0) is 14.3 Å². The van der Waals surface area contributed by atoms with E-state index in [1.807, 2.05) is 6.08 Å². The van der Waals surface area contributed by atoms with Crippen molar-refractivity contribution in [1.82, 2.24) is 5.32 Å². The van der Waals surface area contributed by atoms with Crippen molar-refractivity contribution in [2.24, 2.45) is 0 Å². The summed E-state index contributed by atoms with van der Waals surface area (Å²) in [5, 5.41) is 54.6. The van der Waals surface area contributed by atoms with Crippen LogP contribution in [0.3, 0.4) is 0 Å². The second-order valence-corrected chi connectivity index (χ2v) is 22.5. The fourth-order valence-corrected chi connectivity index (χ4v) is 10.1. The van der Waals surface area contributed by atoms with Crippen molar-refractivity contribution in [2.75, 3.05) is 13.2 Å². The van der Waals surface area contributed by atoms with Crippen LogP contribution in [0.15, 0.2) is 85.1 Å². The molecule has 0 aromatic carbocycles. The summed E-state index contributed by atoms with van der Waals surface area (Å²) in [5.41, 5.74) is 0. The maximum absolute atomic E-state index is 13.1. The normalized spacial score (nSPS) is 19.2. The van der Waals surface area contributed by atoms with Gasteiger partial charge in [-0.05, 0) is 83.5 Å². The highest BCUT2D eigenvalue weighted by atomic mass is 16.7. The van der Waals surface area contributed by atoms with Gasteiger partial charge in [0.25, 0.3) is 0 Å². The van der Waals surface area contributed by atoms with Gasteiger partial charge < -0.3 is 40.3 Å². The van der Waals surface area contributed by atoms with Crippen LogP contribution < -0.4 is 5.32 Å². The minimum Gasteiger partial charge on any atom is -0.394 e. The predicted molar refractivity (Wildman–Crippen MR) is 332 cm³/mol. The topological polar surface area (TPSA) is 149 Å². The van der Waals surface area contributed by atoms with Gasteiger partial charge in [-0.3, -0.25) is 4.79 Å². The Morgan fingerprint density at radius 3 is 1.23 bits per heavy atom. The van der Waals surface area contributed by atoms with Crippen LogP contribution in [0.2, 0.25) is 0 Å². The number of aliphatic hydroxyl groups is 5. The third-order valence-electron chi connectivity index (χ3n) is 15.2. The summed E-state index contributed by atoms with van der Waals surface area (Å²) in [5.74, 6) is -0.188. The molecule has 0 aliphatic carbocycles. The first kappa shape index (κ1) is 73.4. The highest BCUT2D eigenvalue weighted by Crippen LogP contribution is 2.23. The minimum atomic E-state index is -1.58. The van der Waals surface area contributed by atoms with Gasteiger partial charge in [-0.1, -0.05) is 285 Å². The molecule has 1 aliphatic rings. The number of carbonyl (C=O) groups excluding carboxylic acids is 1. The van der Waals surface area contributed by atoms with Gasteiger partial charge in [0, 0.05) is 6.42 Å². The molecule has 1 fully saturated rings. The monoisotopic (exact) mass is 1090 g/mol. The Hall–Kier alpha value is -2.63. The molecule has 1 heterocycles. The SMILES string of the molecule is CC/C=C\C/C=C\C/C=C\C/C=C\CCCCCCCCCCCCCCCCCCCCCCCCCCC(=O)NC(COC1OC(CO)C(O)C(O)C1O)C(O)/C=C/CC/C=C/CC/C=C/CCCCCCCCCC. The Morgan fingerprint density at radius 1 is 0.449 bits per heavy atom. The van der Waals surface area contributed by atoms with Crippen LogP contribution >= 0.6 is 0 Å².